The SMILES string of the molecule is CCCCOc1ccc(-c2nnc(SCC(=O)OCC)n2CC)cc1. The fourth-order valence-corrected chi connectivity index (χ4v) is 3.06. The van der Waals surface area contributed by atoms with E-state index < -0.39 is 0 Å². The molecule has 2 rings (SSSR count). The second-order valence-corrected chi connectivity index (χ2v) is 6.31. The number of benzene rings is 1. The molecule has 25 heavy (non-hydrogen) atoms. The summed E-state index contributed by atoms with van der Waals surface area (Å²) in [5, 5.41) is 9.22. The van der Waals surface area contributed by atoms with Crippen molar-refractivity contribution >= 4 is 17.7 Å². The number of rotatable bonds is 10. The topological polar surface area (TPSA) is 66.2 Å². The zero-order valence-corrected chi connectivity index (χ0v) is 15.8. The van der Waals surface area contributed by atoms with E-state index in [9.17, 15) is 4.79 Å². The monoisotopic (exact) mass is 363 g/mol. The van der Waals surface area contributed by atoms with Crippen LogP contribution in [-0.4, -0.2) is 39.7 Å². The number of esters is 1. The highest BCUT2D eigenvalue weighted by Gasteiger charge is 2.15. The van der Waals surface area contributed by atoms with Gasteiger partial charge in [0.15, 0.2) is 11.0 Å². The molecule has 0 saturated carbocycles. The minimum Gasteiger partial charge on any atom is -0.494 e. The lowest BCUT2D eigenvalue weighted by atomic mass is 10.2. The molecule has 0 aliphatic rings. The Balaban J connectivity index is 2.07. The van der Waals surface area contributed by atoms with Crippen molar-refractivity contribution in [2.24, 2.45) is 0 Å². The molecule has 0 aliphatic heterocycles. The first kappa shape index (κ1) is 19.3. The average molecular weight is 363 g/mol. The molecule has 0 radical (unpaired) electrons. The van der Waals surface area contributed by atoms with Crippen molar-refractivity contribution in [3.63, 3.8) is 0 Å². The second-order valence-electron chi connectivity index (χ2n) is 5.37. The molecule has 7 heteroatoms. The van der Waals surface area contributed by atoms with Crippen LogP contribution in [0.5, 0.6) is 5.75 Å². The predicted octanol–water partition coefficient (Wildman–Crippen LogP) is 3.80. The Labute approximate surface area is 152 Å². The standard InChI is InChI=1S/C18H25N3O3S/c1-4-7-12-24-15-10-8-14(9-11-15)17-19-20-18(21(17)5-2)25-13-16(22)23-6-3/h8-11H,4-7,12-13H2,1-3H3. The van der Waals surface area contributed by atoms with Crippen LogP contribution in [0.15, 0.2) is 29.4 Å². The molecule has 0 N–H and O–H groups in total. The van der Waals surface area contributed by atoms with Gasteiger partial charge in [-0.25, -0.2) is 0 Å². The van der Waals surface area contributed by atoms with Gasteiger partial charge in [-0.3, -0.25) is 4.79 Å². The van der Waals surface area contributed by atoms with Gasteiger partial charge in [0.05, 0.1) is 19.0 Å². The van der Waals surface area contributed by atoms with Gasteiger partial charge in [0.1, 0.15) is 5.75 Å². The van der Waals surface area contributed by atoms with Crippen molar-refractivity contribution in [1.29, 1.82) is 0 Å². The lowest BCUT2D eigenvalue weighted by molar-refractivity contribution is -0.139. The van der Waals surface area contributed by atoms with E-state index in [0.29, 0.717) is 11.8 Å². The molecule has 0 amide bonds. The number of hydrogen-bond acceptors (Lipinski definition) is 6. The zero-order valence-electron chi connectivity index (χ0n) is 15.0. The first-order valence-corrected chi connectivity index (χ1v) is 9.63. The maximum Gasteiger partial charge on any atom is 0.316 e. The highest BCUT2D eigenvalue weighted by Crippen LogP contribution is 2.25. The number of unbranched alkanes of at least 4 members (excludes halogenated alkanes) is 1. The Kier molecular flexibility index (Phi) is 7.78. The van der Waals surface area contributed by atoms with Gasteiger partial charge in [-0.1, -0.05) is 25.1 Å². The van der Waals surface area contributed by atoms with Crippen molar-refractivity contribution in [1.82, 2.24) is 14.8 Å². The molecule has 0 spiro atoms. The number of ether oxygens (including phenoxy) is 2. The van der Waals surface area contributed by atoms with Crippen molar-refractivity contribution in [3.05, 3.63) is 24.3 Å². The van der Waals surface area contributed by atoms with Crippen molar-refractivity contribution in [2.75, 3.05) is 19.0 Å². The zero-order chi connectivity index (χ0) is 18.1. The van der Waals surface area contributed by atoms with Gasteiger partial charge in [0, 0.05) is 12.1 Å². The maximum atomic E-state index is 11.5. The fraction of sp³-hybridized carbons (Fsp3) is 0.500. The van der Waals surface area contributed by atoms with Crippen molar-refractivity contribution in [2.45, 2.75) is 45.3 Å². The predicted molar refractivity (Wildman–Crippen MR) is 98.9 cm³/mol. The molecule has 0 saturated heterocycles. The number of carbonyl (C=O) groups excluding carboxylic acids is 1. The molecule has 2 aromatic rings. The van der Waals surface area contributed by atoms with Crippen LogP contribution in [0.1, 0.15) is 33.6 Å². The van der Waals surface area contributed by atoms with Crippen molar-refractivity contribution in [3.8, 4) is 17.1 Å². The van der Waals surface area contributed by atoms with Crippen LogP contribution in [0.4, 0.5) is 0 Å². The Morgan fingerprint density at radius 2 is 1.92 bits per heavy atom. The average Bonchev–Trinajstić information content (AvgIpc) is 3.04. The number of thioether (sulfide) groups is 1. The Bertz CT molecular complexity index is 671. The number of aromatic nitrogens is 3. The van der Waals surface area contributed by atoms with E-state index in [1.54, 1.807) is 6.92 Å². The highest BCUT2D eigenvalue weighted by atomic mass is 32.2. The molecule has 0 unspecified atom stereocenters. The fourth-order valence-electron chi connectivity index (χ4n) is 2.25. The molecular formula is C18H25N3O3S. The number of hydrogen-bond donors (Lipinski definition) is 0. The Morgan fingerprint density at radius 3 is 2.56 bits per heavy atom. The van der Waals surface area contributed by atoms with Crippen LogP contribution >= 0.6 is 11.8 Å². The molecular weight excluding hydrogens is 338 g/mol. The van der Waals surface area contributed by atoms with Crippen LogP contribution < -0.4 is 4.74 Å². The van der Waals surface area contributed by atoms with E-state index in [2.05, 4.69) is 17.1 Å². The molecule has 0 fully saturated rings. The van der Waals surface area contributed by atoms with E-state index in [0.717, 1.165) is 43.1 Å². The Morgan fingerprint density at radius 1 is 1.16 bits per heavy atom. The van der Waals surface area contributed by atoms with E-state index in [4.69, 9.17) is 9.47 Å². The normalized spacial score (nSPS) is 10.7. The molecule has 0 bridgehead atoms. The number of carbonyl (C=O) groups is 1. The minimum absolute atomic E-state index is 0.232. The van der Waals surface area contributed by atoms with Crippen LogP contribution in [0, 0.1) is 0 Å². The summed E-state index contributed by atoms with van der Waals surface area (Å²) in [6, 6.07) is 7.87. The third-order valence-corrected chi connectivity index (χ3v) is 4.48. The first-order chi connectivity index (χ1) is 12.2. The summed E-state index contributed by atoms with van der Waals surface area (Å²) in [6.07, 6.45) is 2.16. The third kappa shape index (κ3) is 5.49. The molecule has 6 nitrogen and oxygen atoms in total. The molecule has 1 aromatic carbocycles. The van der Waals surface area contributed by atoms with Gasteiger partial charge in [0.25, 0.3) is 0 Å². The summed E-state index contributed by atoms with van der Waals surface area (Å²) in [5.41, 5.74) is 0.972. The van der Waals surface area contributed by atoms with Gasteiger partial charge in [-0.15, -0.1) is 10.2 Å². The largest absolute Gasteiger partial charge is 0.494 e. The van der Waals surface area contributed by atoms with Gasteiger partial charge in [0.2, 0.25) is 0 Å². The minimum atomic E-state index is -0.242. The Hall–Kier alpha value is -2.02. The molecule has 1 aromatic heterocycles. The van der Waals surface area contributed by atoms with E-state index in [-0.39, 0.29) is 11.7 Å². The van der Waals surface area contributed by atoms with Crippen LogP contribution in [0.3, 0.4) is 0 Å². The molecule has 136 valence electrons. The maximum absolute atomic E-state index is 11.5. The summed E-state index contributed by atoms with van der Waals surface area (Å²) in [6.45, 7) is 7.81. The van der Waals surface area contributed by atoms with Crippen LogP contribution in [0.2, 0.25) is 0 Å². The van der Waals surface area contributed by atoms with E-state index >= 15 is 0 Å². The van der Waals surface area contributed by atoms with Gasteiger partial charge < -0.3 is 14.0 Å². The van der Waals surface area contributed by atoms with Gasteiger partial charge in [-0.2, -0.15) is 0 Å². The van der Waals surface area contributed by atoms with E-state index in [1.165, 1.54) is 11.8 Å². The third-order valence-electron chi connectivity index (χ3n) is 3.54. The number of nitrogens with zero attached hydrogens (tertiary/aromatic N) is 3. The summed E-state index contributed by atoms with van der Waals surface area (Å²) in [4.78, 5) is 11.5. The van der Waals surface area contributed by atoms with Gasteiger partial charge >= 0.3 is 5.97 Å². The lowest BCUT2D eigenvalue weighted by Crippen LogP contribution is -2.08. The summed E-state index contributed by atoms with van der Waals surface area (Å²) in [7, 11) is 0. The lowest BCUT2D eigenvalue weighted by Gasteiger charge is -2.09. The highest BCUT2D eigenvalue weighted by molar-refractivity contribution is 7.99. The summed E-state index contributed by atoms with van der Waals surface area (Å²) >= 11 is 1.34. The molecule has 0 aliphatic carbocycles. The molecule has 0 atom stereocenters. The van der Waals surface area contributed by atoms with Gasteiger partial charge in [-0.05, 0) is 44.5 Å². The van der Waals surface area contributed by atoms with Crippen molar-refractivity contribution < 1.29 is 14.3 Å². The summed E-state index contributed by atoms with van der Waals surface area (Å²) in [5.74, 6) is 1.63. The quantitative estimate of drug-likeness (QED) is 0.363. The second kappa shape index (κ2) is 10.1. The molecule has 1 heterocycles. The van der Waals surface area contributed by atoms with Crippen LogP contribution in [-0.2, 0) is 16.1 Å². The smallest absolute Gasteiger partial charge is 0.316 e. The summed E-state index contributed by atoms with van der Waals surface area (Å²) < 4.78 is 12.6. The van der Waals surface area contributed by atoms with Crippen LogP contribution in [0.25, 0.3) is 11.4 Å². The van der Waals surface area contributed by atoms with E-state index in [1.807, 2.05) is 35.8 Å². The first-order valence-electron chi connectivity index (χ1n) is 8.64.